The Hall–Kier alpha value is -2.50. The van der Waals surface area contributed by atoms with Crippen LogP contribution in [0.15, 0.2) is 53.5 Å². The fourth-order valence-electron chi connectivity index (χ4n) is 2.29. The van der Waals surface area contributed by atoms with Crippen LogP contribution in [-0.2, 0) is 13.1 Å². The first-order chi connectivity index (χ1) is 12.8. The lowest BCUT2D eigenvalue weighted by molar-refractivity contribution is -0.274. The number of ether oxygens (including phenoxy) is 1. The van der Waals surface area contributed by atoms with Crippen LogP contribution in [0.5, 0.6) is 5.75 Å². The third kappa shape index (κ3) is 7.62. The Morgan fingerprint density at radius 2 is 1.79 bits per heavy atom. The highest BCUT2D eigenvalue weighted by Crippen LogP contribution is 2.26. The molecule has 0 aromatic heterocycles. The van der Waals surface area contributed by atoms with Crippen molar-refractivity contribution in [2.75, 3.05) is 7.05 Å². The van der Waals surface area contributed by atoms with Crippen molar-refractivity contribution in [1.82, 2.24) is 10.6 Å². The lowest BCUT2D eigenvalue weighted by atomic mass is 10.1. The molecule has 0 saturated carbocycles. The number of benzene rings is 2. The first kappa shape index (κ1) is 23.5. The lowest BCUT2D eigenvalue weighted by Gasteiger charge is -2.15. The van der Waals surface area contributed by atoms with E-state index in [0.717, 1.165) is 5.56 Å². The van der Waals surface area contributed by atoms with E-state index in [9.17, 15) is 18.0 Å². The Bertz CT molecular complexity index is 828. The molecule has 2 rings (SSSR count). The molecule has 0 fully saturated rings. The predicted molar refractivity (Wildman–Crippen MR) is 111 cm³/mol. The molecule has 0 spiro atoms. The summed E-state index contributed by atoms with van der Waals surface area (Å²) < 4.78 is 41.4. The van der Waals surface area contributed by atoms with Crippen LogP contribution in [0.3, 0.4) is 0 Å². The number of guanidine groups is 1. The number of halogens is 4. The van der Waals surface area contributed by atoms with Gasteiger partial charge in [-0.15, -0.1) is 37.1 Å². The number of alkyl halides is 3. The third-order valence-corrected chi connectivity index (χ3v) is 3.54. The summed E-state index contributed by atoms with van der Waals surface area (Å²) in [6.07, 6.45) is -4.76. The summed E-state index contributed by atoms with van der Waals surface area (Å²) in [5.74, 6) is -0.427. The number of nitrogens with zero attached hydrogens (tertiary/aromatic N) is 1. The molecule has 1 amide bonds. The van der Waals surface area contributed by atoms with Gasteiger partial charge in [0.1, 0.15) is 5.75 Å². The highest BCUT2D eigenvalue weighted by Gasteiger charge is 2.31. The van der Waals surface area contributed by atoms with E-state index < -0.39 is 12.3 Å². The molecule has 0 unspecified atom stereocenters. The molecular weight excluding hydrogens is 488 g/mol. The SMILES string of the molecule is CN=C(NCc1cccc(C(N)=O)c1)NCc1ccccc1OC(F)(F)F.I. The smallest absolute Gasteiger partial charge is 0.405 e. The Balaban J connectivity index is 0.00000392. The van der Waals surface area contributed by atoms with Gasteiger partial charge in [0, 0.05) is 31.3 Å². The molecule has 152 valence electrons. The predicted octanol–water partition coefficient (Wildman–Crippen LogP) is 3.17. The highest BCUT2D eigenvalue weighted by molar-refractivity contribution is 14.0. The molecule has 0 bridgehead atoms. The molecule has 0 saturated heterocycles. The van der Waals surface area contributed by atoms with Crippen molar-refractivity contribution in [3.63, 3.8) is 0 Å². The number of carbonyl (C=O) groups excluding carboxylic acids is 1. The number of para-hydroxylation sites is 1. The van der Waals surface area contributed by atoms with Gasteiger partial charge in [-0.1, -0.05) is 30.3 Å². The quantitative estimate of drug-likeness (QED) is 0.318. The minimum atomic E-state index is -4.76. The van der Waals surface area contributed by atoms with E-state index in [4.69, 9.17) is 5.73 Å². The number of aliphatic imine (C=N–C) groups is 1. The Labute approximate surface area is 177 Å². The zero-order valence-corrected chi connectivity index (χ0v) is 17.2. The fraction of sp³-hybridized carbons (Fsp3) is 0.222. The molecule has 4 N–H and O–H groups in total. The average molecular weight is 508 g/mol. The van der Waals surface area contributed by atoms with Crippen molar-refractivity contribution in [2.24, 2.45) is 10.7 Å². The average Bonchev–Trinajstić information content (AvgIpc) is 2.62. The topological polar surface area (TPSA) is 88.7 Å². The summed E-state index contributed by atoms with van der Waals surface area (Å²) in [6, 6.07) is 12.6. The maximum atomic E-state index is 12.5. The monoisotopic (exact) mass is 508 g/mol. The molecule has 0 aliphatic rings. The van der Waals surface area contributed by atoms with E-state index >= 15 is 0 Å². The number of nitrogens with one attached hydrogen (secondary N) is 2. The molecule has 0 atom stereocenters. The highest BCUT2D eigenvalue weighted by atomic mass is 127. The van der Waals surface area contributed by atoms with Gasteiger partial charge in [-0.05, 0) is 23.8 Å². The van der Waals surface area contributed by atoms with Crippen LogP contribution in [0.1, 0.15) is 21.5 Å². The first-order valence-corrected chi connectivity index (χ1v) is 7.95. The second-order valence-corrected chi connectivity index (χ2v) is 5.50. The summed E-state index contributed by atoms with van der Waals surface area (Å²) in [4.78, 5) is 15.2. The first-order valence-electron chi connectivity index (χ1n) is 7.95. The zero-order chi connectivity index (χ0) is 19.9. The number of nitrogens with two attached hydrogens (primary N) is 1. The fourth-order valence-corrected chi connectivity index (χ4v) is 2.29. The Kier molecular flexibility index (Phi) is 9.03. The maximum Gasteiger partial charge on any atom is 0.573 e. The van der Waals surface area contributed by atoms with Gasteiger partial charge in [0.05, 0.1) is 0 Å². The van der Waals surface area contributed by atoms with Crippen LogP contribution < -0.4 is 21.1 Å². The van der Waals surface area contributed by atoms with Gasteiger partial charge in [-0.3, -0.25) is 9.79 Å². The van der Waals surface area contributed by atoms with E-state index in [1.165, 1.54) is 25.2 Å². The van der Waals surface area contributed by atoms with E-state index in [1.54, 1.807) is 30.3 Å². The van der Waals surface area contributed by atoms with Crippen molar-refractivity contribution >= 4 is 35.8 Å². The van der Waals surface area contributed by atoms with Gasteiger partial charge >= 0.3 is 6.36 Å². The molecule has 0 radical (unpaired) electrons. The van der Waals surface area contributed by atoms with Crippen LogP contribution in [0.2, 0.25) is 0 Å². The number of primary amides is 1. The standard InChI is InChI=1S/C18H19F3N4O2.HI/c1-23-17(24-10-12-5-4-7-13(9-12)16(22)26)25-11-14-6-2-3-8-15(14)27-18(19,20)21;/h2-9H,10-11H2,1H3,(H2,22,26)(H2,23,24,25);1H. The number of carbonyl (C=O) groups is 1. The van der Waals surface area contributed by atoms with Crippen LogP contribution in [0, 0.1) is 0 Å². The van der Waals surface area contributed by atoms with Gasteiger partial charge in [-0.25, -0.2) is 0 Å². The minimum Gasteiger partial charge on any atom is -0.405 e. The van der Waals surface area contributed by atoms with Crippen LogP contribution >= 0.6 is 24.0 Å². The molecule has 2 aromatic rings. The molecule has 2 aromatic carbocycles. The van der Waals surface area contributed by atoms with Crippen molar-refractivity contribution < 1.29 is 22.7 Å². The van der Waals surface area contributed by atoms with Crippen LogP contribution in [0.4, 0.5) is 13.2 Å². The Morgan fingerprint density at radius 3 is 2.43 bits per heavy atom. The second kappa shape index (κ2) is 10.7. The summed E-state index contributed by atoms with van der Waals surface area (Å²) in [5, 5.41) is 5.93. The number of amides is 1. The van der Waals surface area contributed by atoms with E-state index in [0.29, 0.717) is 23.6 Å². The molecule has 0 aliphatic heterocycles. The van der Waals surface area contributed by atoms with Crippen molar-refractivity contribution in [2.45, 2.75) is 19.5 Å². The summed E-state index contributed by atoms with van der Waals surface area (Å²) in [7, 11) is 1.54. The third-order valence-electron chi connectivity index (χ3n) is 3.54. The summed E-state index contributed by atoms with van der Waals surface area (Å²) in [5.41, 5.74) is 6.76. The Morgan fingerprint density at radius 1 is 1.11 bits per heavy atom. The lowest BCUT2D eigenvalue weighted by Crippen LogP contribution is -2.36. The van der Waals surface area contributed by atoms with Crippen LogP contribution in [-0.4, -0.2) is 25.3 Å². The largest absolute Gasteiger partial charge is 0.573 e. The van der Waals surface area contributed by atoms with Crippen LogP contribution in [0.25, 0.3) is 0 Å². The zero-order valence-electron chi connectivity index (χ0n) is 14.9. The number of hydrogen-bond donors (Lipinski definition) is 3. The number of hydrogen-bond acceptors (Lipinski definition) is 3. The maximum absolute atomic E-state index is 12.5. The van der Waals surface area contributed by atoms with Gasteiger partial charge in [0.15, 0.2) is 5.96 Å². The molecular formula is C18H20F3IN4O2. The molecule has 28 heavy (non-hydrogen) atoms. The molecule has 6 nitrogen and oxygen atoms in total. The molecule has 10 heteroatoms. The van der Waals surface area contributed by atoms with Gasteiger partial charge in [-0.2, -0.15) is 0 Å². The van der Waals surface area contributed by atoms with E-state index in [2.05, 4.69) is 20.4 Å². The van der Waals surface area contributed by atoms with Gasteiger partial charge in [0.2, 0.25) is 5.91 Å². The van der Waals surface area contributed by atoms with E-state index in [-0.39, 0.29) is 36.3 Å². The number of rotatable bonds is 6. The minimum absolute atomic E-state index is 0. The second-order valence-electron chi connectivity index (χ2n) is 5.50. The van der Waals surface area contributed by atoms with E-state index in [1.807, 2.05) is 0 Å². The van der Waals surface area contributed by atoms with Crippen molar-refractivity contribution in [3.05, 3.63) is 65.2 Å². The molecule has 0 aliphatic carbocycles. The van der Waals surface area contributed by atoms with Crippen molar-refractivity contribution in [1.29, 1.82) is 0 Å². The summed E-state index contributed by atoms with van der Waals surface area (Å²) >= 11 is 0. The normalized spacial score (nSPS) is 11.4. The van der Waals surface area contributed by atoms with Gasteiger partial charge in [0.25, 0.3) is 0 Å². The summed E-state index contributed by atoms with van der Waals surface area (Å²) in [6.45, 7) is 0.425. The molecule has 0 heterocycles. The van der Waals surface area contributed by atoms with Crippen molar-refractivity contribution in [3.8, 4) is 5.75 Å². The van der Waals surface area contributed by atoms with Gasteiger partial charge < -0.3 is 21.1 Å².